The Morgan fingerprint density at radius 2 is 2.10 bits per heavy atom. The summed E-state index contributed by atoms with van der Waals surface area (Å²) in [6, 6.07) is 9.70. The molecule has 1 unspecified atom stereocenters. The van der Waals surface area contributed by atoms with Crippen LogP contribution in [-0.2, 0) is 6.42 Å². The Morgan fingerprint density at radius 1 is 1.29 bits per heavy atom. The highest BCUT2D eigenvalue weighted by Gasteiger charge is 2.21. The Bertz CT molecular complexity index is 1040. The Kier molecular flexibility index (Phi) is 6.67. The van der Waals surface area contributed by atoms with Crippen molar-refractivity contribution in [2.45, 2.75) is 45.6 Å². The quantitative estimate of drug-likeness (QED) is 0.569. The predicted molar refractivity (Wildman–Crippen MR) is 122 cm³/mol. The third-order valence-electron chi connectivity index (χ3n) is 5.70. The minimum atomic E-state index is -0.248. The van der Waals surface area contributed by atoms with Crippen LogP contribution in [0.2, 0.25) is 0 Å². The first kappa shape index (κ1) is 21.5. The molecule has 1 N–H and O–H groups in total. The summed E-state index contributed by atoms with van der Waals surface area (Å²) in [7, 11) is 1.62. The van der Waals surface area contributed by atoms with Crippen molar-refractivity contribution in [3.8, 4) is 17.1 Å². The van der Waals surface area contributed by atoms with Crippen molar-refractivity contribution in [2.24, 2.45) is 0 Å². The molecular weight excluding hydrogens is 412 g/mol. The molecule has 1 atom stereocenters. The summed E-state index contributed by atoms with van der Waals surface area (Å²) in [6.45, 7) is 6.29. The summed E-state index contributed by atoms with van der Waals surface area (Å²) in [5.41, 5.74) is 1.34. The largest absolute Gasteiger partial charge is 0.497 e. The second-order valence-electron chi connectivity index (χ2n) is 7.93. The van der Waals surface area contributed by atoms with Gasteiger partial charge in [-0.3, -0.25) is 10.1 Å². The third kappa shape index (κ3) is 5.14. The van der Waals surface area contributed by atoms with Crippen molar-refractivity contribution in [1.82, 2.24) is 14.3 Å². The number of carbonyl (C=O) groups is 1. The van der Waals surface area contributed by atoms with Crippen LogP contribution < -0.4 is 10.1 Å². The maximum absolute atomic E-state index is 12.8. The second-order valence-corrected chi connectivity index (χ2v) is 8.68. The zero-order valence-electron chi connectivity index (χ0n) is 18.2. The van der Waals surface area contributed by atoms with Crippen LogP contribution in [0, 0.1) is 6.92 Å². The van der Waals surface area contributed by atoms with Gasteiger partial charge >= 0.3 is 0 Å². The van der Waals surface area contributed by atoms with Gasteiger partial charge < -0.3 is 14.1 Å². The van der Waals surface area contributed by atoms with E-state index < -0.39 is 0 Å². The number of amides is 1. The van der Waals surface area contributed by atoms with E-state index in [1.807, 2.05) is 24.3 Å². The van der Waals surface area contributed by atoms with Crippen LogP contribution in [0.15, 0.2) is 34.7 Å². The molecule has 0 bridgehead atoms. The number of nitrogens with zero attached hydrogens (tertiary/aromatic N) is 3. The molecule has 1 amide bonds. The lowest BCUT2D eigenvalue weighted by molar-refractivity contribution is 0.102. The van der Waals surface area contributed by atoms with Crippen molar-refractivity contribution in [3.05, 3.63) is 47.5 Å². The van der Waals surface area contributed by atoms with E-state index in [9.17, 15) is 4.79 Å². The van der Waals surface area contributed by atoms with Crippen molar-refractivity contribution < 1.29 is 13.9 Å². The molecule has 31 heavy (non-hydrogen) atoms. The molecule has 1 aromatic carbocycles. The smallest absolute Gasteiger partial charge is 0.261 e. The number of hydrogen-bond acceptors (Lipinski definition) is 7. The maximum atomic E-state index is 12.8. The van der Waals surface area contributed by atoms with E-state index in [0.29, 0.717) is 28.3 Å². The van der Waals surface area contributed by atoms with Crippen LogP contribution in [-0.4, -0.2) is 46.4 Å². The fraction of sp³-hybridized carbons (Fsp3) is 0.435. The zero-order valence-corrected chi connectivity index (χ0v) is 19.0. The highest BCUT2D eigenvalue weighted by atomic mass is 32.1. The molecule has 0 spiro atoms. The number of aryl methyl sites for hydroxylation is 1. The molecule has 1 aliphatic heterocycles. The van der Waals surface area contributed by atoms with Crippen molar-refractivity contribution in [3.63, 3.8) is 0 Å². The normalized spacial score (nSPS) is 15.6. The van der Waals surface area contributed by atoms with E-state index in [2.05, 4.69) is 26.5 Å². The van der Waals surface area contributed by atoms with Crippen LogP contribution in [0.25, 0.3) is 11.3 Å². The number of methoxy groups -OCH3 is 1. The molecule has 0 radical (unpaired) electrons. The van der Waals surface area contributed by atoms with Gasteiger partial charge in [0.2, 0.25) is 5.13 Å². The Labute approximate surface area is 186 Å². The van der Waals surface area contributed by atoms with Crippen LogP contribution in [0.1, 0.15) is 48.1 Å². The van der Waals surface area contributed by atoms with Crippen LogP contribution in [0.3, 0.4) is 0 Å². The standard InChI is InChI=1S/C23H28N4O3S/c1-15(27-10-5-4-6-11-27)12-21-24-23(31-26-21)25-22(28)19-14-20(30-16(19)2)17-8-7-9-18(13-17)29-3/h7-9,13-15H,4-6,10-12H2,1-3H3,(H,24,25,26,28). The summed E-state index contributed by atoms with van der Waals surface area (Å²) in [4.78, 5) is 19.8. The number of nitrogens with one attached hydrogen (secondary N) is 1. The lowest BCUT2D eigenvalue weighted by Gasteiger charge is -2.31. The van der Waals surface area contributed by atoms with Gasteiger partial charge in [0, 0.05) is 29.6 Å². The molecule has 3 aromatic rings. The SMILES string of the molecule is COc1cccc(-c2cc(C(=O)Nc3nc(CC(C)N4CCCCC4)ns3)c(C)o2)c1. The molecule has 0 aliphatic carbocycles. The molecule has 1 aliphatic rings. The fourth-order valence-electron chi connectivity index (χ4n) is 3.93. The number of aromatic nitrogens is 2. The number of piperidine rings is 1. The van der Waals surface area contributed by atoms with E-state index >= 15 is 0 Å². The summed E-state index contributed by atoms with van der Waals surface area (Å²) >= 11 is 1.22. The van der Waals surface area contributed by atoms with Crippen molar-refractivity contribution in [2.75, 3.05) is 25.5 Å². The van der Waals surface area contributed by atoms with Gasteiger partial charge in [0.05, 0.1) is 12.7 Å². The van der Waals surface area contributed by atoms with Crippen LogP contribution in [0.4, 0.5) is 5.13 Å². The van der Waals surface area contributed by atoms with E-state index in [4.69, 9.17) is 9.15 Å². The lowest BCUT2D eigenvalue weighted by Crippen LogP contribution is -2.38. The highest BCUT2D eigenvalue weighted by Crippen LogP contribution is 2.28. The van der Waals surface area contributed by atoms with Crippen LogP contribution >= 0.6 is 11.5 Å². The lowest BCUT2D eigenvalue weighted by atomic mass is 10.1. The molecule has 4 rings (SSSR count). The van der Waals surface area contributed by atoms with Crippen molar-refractivity contribution in [1.29, 1.82) is 0 Å². The van der Waals surface area contributed by atoms with E-state index in [1.54, 1.807) is 20.1 Å². The number of benzene rings is 1. The van der Waals surface area contributed by atoms with Gasteiger partial charge in [-0.2, -0.15) is 4.37 Å². The van der Waals surface area contributed by atoms with Gasteiger partial charge in [-0.25, -0.2) is 4.98 Å². The van der Waals surface area contributed by atoms with Gasteiger partial charge in [-0.15, -0.1) is 0 Å². The first-order valence-corrected chi connectivity index (χ1v) is 11.4. The van der Waals surface area contributed by atoms with E-state index in [-0.39, 0.29) is 5.91 Å². The Morgan fingerprint density at radius 3 is 2.87 bits per heavy atom. The van der Waals surface area contributed by atoms with Gasteiger partial charge in [0.25, 0.3) is 5.91 Å². The molecule has 2 aromatic heterocycles. The van der Waals surface area contributed by atoms with Gasteiger partial charge in [-0.05, 0) is 58.0 Å². The predicted octanol–water partition coefficient (Wildman–Crippen LogP) is 4.78. The highest BCUT2D eigenvalue weighted by molar-refractivity contribution is 7.09. The number of anilines is 1. The molecule has 164 valence electrons. The first-order valence-electron chi connectivity index (χ1n) is 10.7. The molecule has 1 saturated heterocycles. The minimum absolute atomic E-state index is 0.248. The molecular formula is C23H28N4O3S. The number of hydrogen-bond donors (Lipinski definition) is 1. The summed E-state index contributed by atoms with van der Waals surface area (Å²) in [6.07, 6.45) is 4.63. The Hall–Kier alpha value is -2.71. The number of furan rings is 1. The summed E-state index contributed by atoms with van der Waals surface area (Å²) in [5.74, 6) is 2.44. The van der Waals surface area contributed by atoms with Gasteiger partial charge in [0.1, 0.15) is 23.1 Å². The van der Waals surface area contributed by atoms with E-state index in [0.717, 1.165) is 36.6 Å². The average molecular weight is 441 g/mol. The topological polar surface area (TPSA) is 80.5 Å². The molecule has 1 fully saturated rings. The zero-order chi connectivity index (χ0) is 21.8. The molecule has 7 nitrogen and oxygen atoms in total. The monoisotopic (exact) mass is 440 g/mol. The summed E-state index contributed by atoms with van der Waals surface area (Å²) in [5, 5.41) is 3.38. The first-order chi connectivity index (χ1) is 15.0. The fourth-order valence-corrected chi connectivity index (χ4v) is 4.52. The van der Waals surface area contributed by atoms with Crippen molar-refractivity contribution >= 4 is 22.6 Å². The number of likely N-dealkylation sites (tertiary alicyclic amines) is 1. The minimum Gasteiger partial charge on any atom is -0.497 e. The van der Waals surface area contributed by atoms with Crippen LogP contribution in [0.5, 0.6) is 5.75 Å². The molecule has 0 saturated carbocycles. The van der Waals surface area contributed by atoms with E-state index in [1.165, 1.54) is 30.8 Å². The summed E-state index contributed by atoms with van der Waals surface area (Å²) < 4.78 is 15.5. The number of ether oxygens (including phenoxy) is 1. The second kappa shape index (κ2) is 9.62. The Balaban J connectivity index is 1.41. The molecule has 3 heterocycles. The number of carbonyl (C=O) groups excluding carboxylic acids is 1. The van der Waals surface area contributed by atoms with Gasteiger partial charge in [0.15, 0.2) is 0 Å². The molecule has 8 heteroatoms. The number of rotatable bonds is 7. The third-order valence-corrected chi connectivity index (χ3v) is 6.37. The maximum Gasteiger partial charge on any atom is 0.261 e. The van der Waals surface area contributed by atoms with Gasteiger partial charge in [-0.1, -0.05) is 18.6 Å². The average Bonchev–Trinajstić information content (AvgIpc) is 3.40.